The van der Waals surface area contributed by atoms with E-state index in [-0.39, 0.29) is 18.6 Å². The van der Waals surface area contributed by atoms with Crippen molar-refractivity contribution in [1.82, 2.24) is 15.0 Å². The highest BCUT2D eigenvalue weighted by atomic mass is 16.3. The highest BCUT2D eigenvalue weighted by Crippen LogP contribution is 2.27. The normalized spacial score (nSPS) is 22.3. The predicted molar refractivity (Wildman–Crippen MR) is 73.8 cm³/mol. The molecular formula is C11H21N7O. The van der Waals surface area contributed by atoms with Crippen molar-refractivity contribution in [3.63, 3.8) is 0 Å². The van der Waals surface area contributed by atoms with Gasteiger partial charge in [-0.25, -0.2) is 5.84 Å². The molecular weight excluding hydrogens is 246 g/mol. The third-order valence-electron chi connectivity index (χ3n) is 3.36. The molecule has 1 aliphatic carbocycles. The monoisotopic (exact) mass is 267 g/mol. The second kappa shape index (κ2) is 5.98. The average molecular weight is 267 g/mol. The largest absolute Gasteiger partial charge is 0.396 e. The number of anilines is 3. The van der Waals surface area contributed by atoms with Gasteiger partial charge in [0.05, 0.1) is 0 Å². The molecule has 0 saturated heterocycles. The van der Waals surface area contributed by atoms with Crippen LogP contribution < -0.4 is 21.5 Å². The van der Waals surface area contributed by atoms with Crippen LogP contribution in [-0.4, -0.2) is 46.8 Å². The number of hydrogen-bond donors (Lipinski definition) is 4. The molecule has 2 atom stereocenters. The fourth-order valence-electron chi connectivity index (χ4n) is 2.31. The maximum atomic E-state index is 9.32. The summed E-state index contributed by atoms with van der Waals surface area (Å²) in [6.45, 7) is 0.186. The van der Waals surface area contributed by atoms with Crippen molar-refractivity contribution in [2.45, 2.75) is 25.3 Å². The summed E-state index contributed by atoms with van der Waals surface area (Å²) in [7, 11) is 3.71. The van der Waals surface area contributed by atoms with Gasteiger partial charge in [0.15, 0.2) is 0 Å². The number of aliphatic hydroxyl groups is 1. The zero-order chi connectivity index (χ0) is 13.8. The van der Waals surface area contributed by atoms with Crippen LogP contribution in [0.3, 0.4) is 0 Å². The van der Waals surface area contributed by atoms with Gasteiger partial charge in [0.2, 0.25) is 17.8 Å². The third kappa shape index (κ3) is 3.21. The quantitative estimate of drug-likeness (QED) is 0.428. The smallest absolute Gasteiger partial charge is 0.243 e. The van der Waals surface area contributed by atoms with E-state index >= 15 is 0 Å². The van der Waals surface area contributed by atoms with Crippen LogP contribution in [0.5, 0.6) is 0 Å². The van der Waals surface area contributed by atoms with Crippen molar-refractivity contribution in [2.75, 3.05) is 36.3 Å². The number of aromatic nitrogens is 3. The van der Waals surface area contributed by atoms with E-state index in [1.165, 1.54) is 0 Å². The Kier molecular flexibility index (Phi) is 4.33. The van der Waals surface area contributed by atoms with Gasteiger partial charge in [-0.05, 0) is 12.8 Å². The SMILES string of the molecule is CN(C)c1nc(NN)nc(NC2CCCC2CO)n1. The van der Waals surface area contributed by atoms with Crippen LogP contribution in [0.25, 0.3) is 0 Å². The fraction of sp³-hybridized carbons (Fsp3) is 0.727. The third-order valence-corrected chi connectivity index (χ3v) is 3.36. The topological polar surface area (TPSA) is 112 Å². The Balaban J connectivity index is 2.17. The molecule has 1 heterocycles. The van der Waals surface area contributed by atoms with Crippen LogP contribution in [0.15, 0.2) is 0 Å². The van der Waals surface area contributed by atoms with Gasteiger partial charge in [-0.1, -0.05) is 6.42 Å². The molecule has 2 rings (SSSR count). The number of hydrogen-bond acceptors (Lipinski definition) is 8. The van der Waals surface area contributed by atoms with Crippen LogP contribution in [-0.2, 0) is 0 Å². The van der Waals surface area contributed by atoms with Crippen molar-refractivity contribution in [2.24, 2.45) is 11.8 Å². The first-order valence-corrected chi connectivity index (χ1v) is 6.41. The number of nitrogen functional groups attached to an aromatic ring is 1. The molecule has 8 nitrogen and oxygen atoms in total. The second-order valence-corrected chi connectivity index (χ2v) is 4.95. The first-order valence-electron chi connectivity index (χ1n) is 6.41. The van der Waals surface area contributed by atoms with Crippen LogP contribution in [0.2, 0.25) is 0 Å². The Morgan fingerprint density at radius 3 is 2.63 bits per heavy atom. The van der Waals surface area contributed by atoms with E-state index in [2.05, 4.69) is 25.7 Å². The first-order chi connectivity index (χ1) is 9.13. The maximum absolute atomic E-state index is 9.32. The second-order valence-electron chi connectivity index (χ2n) is 4.95. The molecule has 1 saturated carbocycles. The number of aliphatic hydroxyl groups excluding tert-OH is 1. The van der Waals surface area contributed by atoms with E-state index in [0.29, 0.717) is 17.8 Å². The molecule has 1 aromatic heterocycles. The van der Waals surface area contributed by atoms with Crippen molar-refractivity contribution >= 4 is 17.8 Å². The molecule has 8 heteroatoms. The van der Waals surface area contributed by atoms with Gasteiger partial charge >= 0.3 is 0 Å². The summed E-state index contributed by atoms with van der Waals surface area (Å²) in [5, 5.41) is 12.6. The molecule has 1 aromatic rings. The molecule has 0 amide bonds. The highest BCUT2D eigenvalue weighted by Gasteiger charge is 2.27. The Morgan fingerprint density at radius 1 is 1.26 bits per heavy atom. The average Bonchev–Trinajstić information content (AvgIpc) is 2.85. The lowest BCUT2D eigenvalue weighted by molar-refractivity contribution is 0.222. The summed E-state index contributed by atoms with van der Waals surface area (Å²) in [6.07, 6.45) is 3.15. The summed E-state index contributed by atoms with van der Waals surface area (Å²) >= 11 is 0. The number of nitrogens with zero attached hydrogens (tertiary/aromatic N) is 4. The summed E-state index contributed by atoms with van der Waals surface area (Å²) in [6, 6.07) is 0.202. The standard InChI is InChI=1S/C11H21N7O/c1-18(2)11-15-9(14-10(16-11)17-12)13-8-5-3-4-7(8)6-19/h7-8,19H,3-6,12H2,1-2H3,(H2,13,14,15,16,17). The molecule has 106 valence electrons. The van der Waals surface area contributed by atoms with Crippen LogP contribution in [0.1, 0.15) is 19.3 Å². The molecule has 1 aliphatic rings. The fourth-order valence-corrected chi connectivity index (χ4v) is 2.31. The van der Waals surface area contributed by atoms with E-state index in [4.69, 9.17) is 5.84 Å². The zero-order valence-corrected chi connectivity index (χ0v) is 11.3. The van der Waals surface area contributed by atoms with Gasteiger partial charge in [-0.2, -0.15) is 15.0 Å². The summed E-state index contributed by atoms with van der Waals surface area (Å²) < 4.78 is 0. The summed E-state index contributed by atoms with van der Waals surface area (Å²) in [5.41, 5.74) is 2.43. The Morgan fingerprint density at radius 2 is 2.00 bits per heavy atom. The maximum Gasteiger partial charge on any atom is 0.243 e. The number of nitrogens with one attached hydrogen (secondary N) is 2. The van der Waals surface area contributed by atoms with E-state index in [1.54, 1.807) is 4.90 Å². The Labute approximate surface area is 112 Å². The van der Waals surface area contributed by atoms with Gasteiger partial charge in [-0.3, -0.25) is 5.43 Å². The van der Waals surface area contributed by atoms with Crippen LogP contribution in [0.4, 0.5) is 17.8 Å². The van der Waals surface area contributed by atoms with Crippen molar-refractivity contribution in [1.29, 1.82) is 0 Å². The van der Waals surface area contributed by atoms with Gasteiger partial charge in [0.25, 0.3) is 0 Å². The first kappa shape index (κ1) is 13.8. The summed E-state index contributed by atoms with van der Waals surface area (Å²) in [4.78, 5) is 14.4. The lowest BCUT2D eigenvalue weighted by Crippen LogP contribution is -2.28. The van der Waals surface area contributed by atoms with Crippen LogP contribution >= 0.6 is 0 Å². The molecule has 0 radical (unpaired) electrons. The molecule has 0 bridgehead atoms. The molecule has 0 aliphatic heterocycles. The van der Waals surface area contributed by atoms with Crippen molar-refractivity contribution in [3.05, 3.63) is 0 Å². The minimum absolute atomic E-state index is 0.186. The lowest BCUT2D eigenvalue weighted by Gasteiger charge is -2.20. The minimum Gasteiger partial charge on any atom is -0.396 e. The number of rotatable bonds is 5. The van der Waals surface area contributed by atoms with E-state index in [0.717, 1.165) is 19.3 Å². The van der Waals surface area contributed by atoms with Crippen molar-refractivity contribution in [3.8, 4) is 0 Å². The van der Waals surface area contributed by atoms with Gasteiger partial charge < -0.3 is 15.3 Å². The highest BCUT2D eigenvalue weighted by molar-refractivity contribution is 5.43. The Hall–Kier alpha value is -1.67. The van der Waals surface area contributed by atoms with Gasteiger partial charge in [0, 0.05) is 32.7 Å². The van der Waals surface area contributed by atoms with Gasteiger partial charge in [-0.15, -0.1) is 0 Å². The van der Waals surface area contributed by atoms with Crippen molar-refractivity contribution < 1.29 is 5.11 Å². The molecule has 2 unspecified atom stereocenters. The molecule has 0 aromatic carbocycles. The summed E-state index contributed by atoms with van der Waals surface area (Å²) in [5.74, 6) is 6.95. The van der Waals surface area contributed by atoms with E-state index < -0.39 is 0 Å². The Bertz CT molecular complexity index is 426. The molecule has 5 N–H and O–H groups in total. The molecule has 0 spiro atoms. The molecule has 19 heavy (non-hydrogen) atoms. The predicted octanol–water partition coefficient (Wildman–Crippen LogP) is -0.204. The lowest BCUT2D eigenvalue weighted by atomic mass is 10.1. The minimum atomic E-state index is 0.186. The number of hydrazine groups is 1. The molecule has 1 fully saturated rings. The van der Waals surface area contributed by atoms with E-state index in [9.17, 15) is 5.11 Å². The van der Waals surface area contributed by atoms with Gasteiger partial charge in [0.1, 0.15) is 0 Å². The van der Waals surface area contributed by atoms with E-state index in [1.807, 2.05) is 14.1 Å². The van der Waals surface area contributed by atoms with Crippen LogP contribution in [0, 0.1) is 5.92 Å². The zero-order valence-electron chi connectivity index (χ0n) is 11.3. The number of nitrogens with two attached hydrogens (primary N) is 1.